The van der Waals surface area contributed by atoms with Crippen LogP contribution in [0.5, 0.6) is 0 Å². The zero-order valence-electron chi connectivity index (χ0n) is 12.4. The van der Waals surface area contributed by atoms with Gasteiger partial charge in [-0.25, -0.2) is 4.98 Å². The molecule has 2 rings (SSSR count). The quantitative estimate of drug-likeness (QED) is 0.907. The Bertz CT molecular complexity index is 646. The Labute approximate surface area is 123 Å². The van der Waals surface area contributed by atoms with Gasteiger partial charge in [-0.05, 0) is 44.4 Å². The number of nitrogens with two attached hydrogens (primary N) is 1. The highest BCUT2D eigenvalue weighted by Crippen LogP contribution is 2.29. The van der Waals surface area contributed by atoms with Gasteiger partial charge in [0.2, 0.25) is 5.91 Å². The van der Waals surface area contributed by atoms with E-state index in [1.807, 2.05) is 13.8 Å². The molecule has 0 fully saturated rings. The third-order valence-electron chi connectivity index (χ3n) is 3.34. The zero-order valence-corrected chi connectivity index (χ0v) is 13.2. The van der Waals surface area contributed by atoms with Crippen LogP contribution in [-0.2, 0) is 4.79 Å². The van der Waals surface area contributed by atoms with E-state index in [9.17, 15) is 4.79 Å². The minimum absolute atomic E-state index is 0.173. The number of benzene rings is 1. The van der Waals surface area contributed by atoms with Crippen molar-refractivity contribution >= 4 is 32.6 Å². The molecule has 0 aliphatic carbocycles. The van der Waals surface area contributed by atoms with Crippen LogP contribution in [0.1, 0.15) is 37.8 Å². The van der Waals surface area contributed by atoms with Gasteiger partial charge in [-0.2, -0.15) is 0 Å². The lowest BCUT2D eigenvalue weighted by molar-refractivity contribution is -0.120. The molecule has 1 aromatic heterocycles. The molecule has 5 heteroatoms. The van der Waals surface area contributed by atoms with Gasteiger partial charge in [0.25, 0.3) is 0 Å². The normalized spacial score (nSPS) is 14.2. The second kappa shape index (κ2) is 5.50. The van der Waals surface area contributed by atoms with E-state index in [-0.39, 0.29) is 5.91 Å². The van der Waals surface area contributed by atoms with E-state index < -0.39 is 5.54 Å². The molecule has 3 N–H and O–H groups in total. The van der Waals surface area contributed by atoms with Gasteiger partial charge in [0.05, 0.1) is 15.8 Å². The second-order valence-corrected chi connectivity index (χ2v) is 6.60. The second-order valence-electron chi connectivity index (χ2n) is 5.57. The molecule has 1 aromatic carbocycles. The highest BCUT2D eigenvalue weighted by atomic mass is 32.1. The lowest BCUT2D eigenvalue weighted by Gasteiger charge is -2.21. The lowest BCUT2D eigenvalue weighted by Crippen LogP contribution is -2.48. The molecule has 1 amide bonds. The van der Waals surface area contributed by atoms with Crippen molar-refractivity contribution in [2.45, 2.75) is 46.1 Å². The van der Waals surface area contributed by atoms with E-state index in [2.05, 4.69) is 29.4 Å². The van der Waals surface area contributed by atoms with Crippen molar-refractivity contribution in [2.75, 3.05) is 5.32 Å². The van der Waals surface area contributed by atoms with Crippen molar-refractivity contribution in [2.24, 2.45) is 5.73 Å². The fourth-order valence-electron chi connectivity index (χ4n) is 2.30. The molecule has 0 aliphatic heterocycles. The summed E-state index contributed by atoms with van der Waals surface area (Å²) in [5.74, 6) is -0.173. The summed E-state index contributed by atoms with van der Waals surface area (Å²) in [5, 5.41) is 3.46. The van der Waals surface area contributed by atoms with Crippen LogP contribution in [0.15, 0.2) is 12.1 Å². The molecule has 0 aliphatic rings. The Kier molecular flexibility index (Phi) is 4.11. The molecular formula is C15H21N3OS. The number of amides is 1. The molecule has 0 spiro atoms. The number of hydrogen-bond donors (Lipinski definition) is 2. The number of aromatic nitrogens is 1. The highest BCUT2D eigenvalue weighted by molar-refractivity contribution is 7.22. The minimum Gasteiger partial charge on any atom is -0.318 e. The average molecular weight is 291 g/mol. The number of nitrogens with one attached hydrogen (secondary N) is 1. The Morgan fingerprint density at radius 2 is 2.15 bits per heavy atom. The van der Waals surface area contributed by atoms with E-state index in [0.717, 1.165) is 22.2 Å². The van der Waals surface area contributed by atoms with E-state index in [1.165, 1.54) is 16.9 Å². The van der Waals surface area contributed by atoms with E-state index in [0.29, 0.717) is 11.6 Å². The van der Waals surface area contributed by atoms with Gasteiger partial charge < -0.3 is 11.1 Å². The fourth-order valence-corrected chi connectivity index (χ4v) is 3.33. The first-order chi connectivity index (χ1) is 9.33. The summed E-state index contributed by atoms with van der Waals surface area (Å²) in [6, 6.07) is 4.18. The number of rotatable bonds is 4. The third-order valence-corrected chi connectivity index (χ3v) is 4.26. The van der Waals surface area contributed by atoms with Crippen LogP contribution in [0.3, 0.4) is 0 Å². The SMILES string of the molecule is CCCC(C)(N)C(=O)Nc1nc2c(C)cc(C)cc2s1. The number of hydrogen-bond acceptors (Lipinski definition) is 4. The lowest BCUT2D eigenvalue weighted by atomic mass is 9.97. The van der Waals surface area contributed by atoms with Crippen molar-refractivity contribution in [3.63, 3.8) is 0 Å². The molecule has 1 unspecified atom stereocenters. The molecule has 4 nitrogen and oxygen atoms in total. The van der Waals surface area contributed by atoms with Crippen LogP contribution >= 0.6 is 11.3 Å². The molecule has 1 atom stereocenters. The van der Waals surface area contributed by atoms with Crippen LogP contribution in [-0.4, -0.2) is 16.4 Å². The van der Waals surface area contributed by atoms with Crippen molar-refractivity contribution in [1.29, 1.82) is 0 Å². The zero-order chi connectivity index (χ0) is 14.9. The predicted octanol–water partition coefficient (Wildman–Crippen LogP) is 3.37. The monoisotopic (exact) mass is 291 g/mol. The van der Waals surface area contributed by atoms with Gasteiger partial charge in [0, 0.05) is 0 Å². The summed E-state index contributed by atoms with van der Waals surface area (Å²) in [4.78, 5) is 16.7. The maximum Gasteiger partial charge on any atom is 0.245 e. The molecule has 1 heterocycles. The Balaban J connectivity index is 2.27. The number of carbonyl (C=O) groups excluding carboxylic acids is 1. The molecular weight excluding hydrogens is 270 g/mol. The number of thiazole rings is 1. The topological polar surface area (TPSA) is 68.0 Å². The van der Waals surface area contributed by atoms with E-state index >= 15 is 0 Å². The van der Waals surface area contributed by atoms with Crippen molar-refractivity contribution in [1.82, 2.24) is 4.98 Å². The molecule has 0 saturated carbocycles. The van der Waals surface area contributed by atoms with Gasteiger partial charge in [-0.1, -0.05) is 30.7 Å². The van der Waals surface area contributed by atoms with Crippen molar-refractivity contribution in [3.8, 4) is 0 Å². The molecule has 108 valence electrons. The standard InChI is InChI=1S/C15H21N3OS/c1-5-6-15(4,16)13(19)18-14-17-12-10(3)7-9(2)8-11(12)20-14/h7-8H,5-6,16H2,1-4H3,(H,17,18,19). The molecule has 20 heavy (non-hydrogen) atoms. The summed E-state index contributed by atoms with van der Waals surface area (Å²) in [5.41, 5.74) is 8.46. The third kappa shape index (κ3) is 2.99. The Morgan fingerprint density at radius 1 is 1.45 bits per heavy atom. The van der Waals surface area contributed by atoms with E-state index in [1.54, 1.807) is 6.92 Å². The molecule has 0 saturated heterocycles. The largest absolute Gasteiger partial charge is 0.318 e. The van der Waals surface area contributed by atoms with Crippen LogP contribution in [0.25, 0.3) is 10.2 Å². The summed E-state index contributed by atoms with van der Waals surface area (Å²) >= 11 is 1.49. The van der Waals surface area contributed by atoms with Gasteiger partial charge in [-0.3, -0.25) is 4.79 Å². The number of nitrogens with zero attached hydrogens (tertiary/aromatic N) is 1. The first-order valence-electron chi connectivity index (χ1n) is 6.81. The van der Waals surface area contributed by atoms with Crippen LogP contribution in [0.4, 0.5) is 5.13 Å². The molecule has 2 aromatic rings. The number of carbonyl (C=O) groups is 1. The summed E-state index contributed by atoms with van der Waals surface area (Å²) in [6.07, 6.45) is 1.53. The Morgan fingerprint density at radius 3 is 2.80 bits per heavy atom. The molecule has 0 radical (unpaired) electrons. The van der Waals surface area contributed by atoms with Crippen molar-refractivity contribution < 1.29 is 4.79 Å². The maximum absolute atomic E-state index is 12.2. The highest BCUT2D eigenvalue weighted by Gasteiger charge is 2.28. The number of aryl methyl sites for hydroxylation is 2. The average Bonchev–Trinajstić information content (AvgIpc) is 2.71. The van der Waals surface area contributed by atoms with Crippen LogP contribution in [0.2, 0.25) is 0 Å². The molecule has 0 bridgehead atoms. The number of anilines is 1. The van der Waals surface area contributed by atoms with Gasteiger partial charge >= 0.3 is 0 Å². The fraction of sp³-hybridized carbons (Fsp3) is 0.467. The van der Waals surface area contributed by atoms with Crippen LogP contribution in [0, 0.1) is 13.8 Å². The number of fused-ring (bicyclic) bond motifs is 1. The predicted molar refractivity (Wildman–Crippen MR) is 85.2 cm³/mol. The van der Waals surface area contributed by atoms with Crippen LogP contribution < -0.4 is 11.1 Å². The minimum atomic E-state index is -0.850. The summed E-state index contributed by atoms with van der Waals surface area (Å²) in [7, 11) is 0. The maximum atomic E-state index is 12.2. The smallest absolute Gasteiger partial charge is 0.245 e. The van der Waals surface area contributed by atoms with Gasteiger partial charge in [0.1, 0.15) is 0 Å². The summed E-state index contributed by atoms with van der Waals surface area (Å²) < 4.78 is 1.09. The summed E-state index contributed by atoms with van der Waals surface area (Å²) in [6.45, 7) is 7.87. The first-order valence-corrected chi connectivity index (χ1v) is 7.63. The first kappa shape index (κ1) is 14.9. The van der Waals surface area contributed by atoms with Crippen molar-refractivity contribution in [3.05, 3.63) is 23.3 Å². The van der Waals surface area contributed by atoms with E-state index in [4.69, 9.17) is 5.73 Å². The van der Waals surface area contributed by atoms with Gasteiger partial charge in [0.15, 0.2) is 5.13 Å². The van der Waals surface area contributed by atoms with Gasteiger partial charge in [-0.15, -0.1) is 0 Å². The Hall–Kier alpha value is -1.46.